The normalized spacial score (nSPS) is 19.3. The third-order valence-corrected chi connectivity index (χ3v) is 5.62. The summed E-state index contributed by atoms with van der Waals surface area (Å²) in [5.41, 5.74) is 1.19. The van der Waals surface area contributed by atoms with Crippen molar-refractivity contribution >= 4 is 27.3 Å². The summed E-state index contributed by atoms with van der Waals surface area (Å²) in [6.07, 6.45) is 3.49. The van der Waals surface area contributed by atoms with Crippen LogP contribution in [0.5, 0.6) is 0 Å². The standard InChI is InChI=1S/C21H27NO5S/c1-25-11-8-22-21(24)18-12-15(13-20(27-18)26-10-5-4-9-23)17-14-28-19-7-3-2-6-16(17)19/h2-3,6-7,12,14-15,20,23H,4-5,8-11,13H2,1H3,(H,22,24)/t15-,20+/m1/s1. The van der Waals surface area contributed by atoms with Gasteiger partial charge in [-0.1, -0.05) is 18.2 Å². The Morgan fingerprint density at radius 3 is 3.00 bits per heavy atom. The molecule has 0 fully saturated rings. The molecule has 0 saturated carbocycles. The van der Waals surface area contributed by atoms with Crippen LogP contribution in [0.25, 0.3) is 10.1 Å². The molecule has 0 spiro atoms. The van der Waals surface area contributed by atoms with Crippen LogP contribution in [0.15, 0.2) is 41.5 Å². The summed E-state index contributed by atoms with van der Waals surface area (Å²) in [5, 5.41) is 15.1. The summed E-state index contributed by atoms with van der Waals surface area (Å²) >= 11 is 1.70. The lowest BCUT2D eigenvalue weighted by Gasteiger charge is -2.29. The Morgan fingerprint density at radius 2 is 2.18 bits per heavy atom. The predicted molar refractivity (Wildman–Crippen MR) is 109 cm³/mol. The third-order valence-electron chi connectivity index (χ3n) is 4.64. The second kappa shape index (κ2) is 10.6. The van der Waals surface area contributed by atoms with E-state index in [1.54, 1.807) is 18.4 Å². The molecule has 2 atom stereocenters. The number of methoxy groups -OCH3 is 1. The second-order valence-electron chi connectivity index (χ2n) is 6.66. The van der Waals surface area contributed by atoms with Crippen molar-refractivity contribution in [2.75, 3.05) is 33.5 Å². The number of benzene rings is 1. The average Bonchev–Trinajstić information content (AvgIpc) is 3.15. The van der Waals surface area contributed by atoms with Crippen molar-refractivity contribution < 1.29 is 24.1 Å². The minimum Gasteiger partial charge on any atom is -0.459 e. The van der Waals surface area contributed by atoms with Crippen LogP contribution in [-0.2, 0) is 19.0 Å². The number of hydrogen-bond acceptors (Lipinski definition) is 6. The maximum Gasteiger partial charge on any atom is 0.286 e. The molecule has 7 heteroatoms. The average molecular weight is 406 g/mol. The number of allylic oxidation sites excluding steroid dienone is 1. The SMILES string of the molecule is COCCNC(=O)C1=C[C@@H](c2csc3ccccc23)C[C@@H](OCCCCO)O1. The molecule has 6 nitrogen and oxygen atoms in total. The van der Waals surface area contributed by atoms with E-state index in [2.05, 4.69) is 22.8 Å². The van der Waals surface area contributed by atoms with Gasteiger partial charge in [0.2, 0.25) is 6.29 Å². The van der Waals surface area contributed by atoms with Crippen molar-refractivity contribution in [2.24, 2.45) is 0 Å². The zero-order valence-corrected chi connectivity index (χ0v) is 16.9. The van der Waals surface area contributed by atoms with Crippen molar-refractivity contribution in [3.8, 4) is 0 Å². The van der Waals surface area contributed by atoms with Crippen LogP contribution in [0.3, 0.4) is 0 Å². The van der Waals surface area contributed by atoms with E-state index >= 15 is 0 Å². The maximum atomic E-state index is 12.5. The minimum absolute atomic E-state index is 0.0379. The second-order valence-corrected chi connectivity index (χ2v) is 7.57. The lowest BCUT2D eigenvalue weighted by atomic mass is 9.92. The fourth-order valence-electron chi connectivity index (χ4n) is 3.20. The number of thiophene rings is 1. The number of unbranched alkanes of at least 4 members (excludes halogenated alkanes) is 1. The number of amides is 1. The molecule has 2 heterocycles. The van der Waals surface area contributed by atoms with Gasteiger partial charge in [-0.15, -0.1) is 11.3 Å². The number of nitrogens with one attached hydrogen (secondary N) is 1. The van der Waals surface area contributed by atoms with E-state index in [0.717, 1.165) is 6.42 Å². The summed E-state index contributed by atoms with van der Waals surface area (Å²) < 4.78 is 17.9. The lowest BCUT2D eigenvalue weighted by molar-refractivity contribution is -0.146. The first-order valence-corrected chi connectivity index (χ1v) is 10.4. The summed E-state index contributed by atoms with van der Waals surface area (Å²) in [4.78, 5) is 12.5. The highest BCUT2D eigenvalue weighted by Gasteiger charge is 2.29. The van der Waals surface area contributed by atoms with E-state index in [1.165, 1.54) is 15.6 Å². The molecule has 0 saturated heterocycles. The number of aliphatic hydroxyl groups excluding tert-OH is 1. The highest BCUT2D eigenvalue weighted by molar-refractivity contribution is 7.17. The van der Waals surface area contributed by atoms with E-state index in [-0.39, 0.29) is 24.2 Å². The molecule has 1 amide bonds. The first-order chi connectivity index (χ1) is 13.7. The topological polar surface area (TPSA) is 77.0 Å². The molecule has 1 aromatic heterocycles. The van der Waals surface area contributed by atoms with Gasteiger partial charge < -0.3 is 24.6 Å². The van der Waals surface area contributed by atoms with Crippen LogP contribution in [0.2, 0.25) is 0 Å². The molecule has 0 radical (unpaired) electrons. The molecular formula is C21H27NO5S. The smallest absolute Gasteiger partial charge is 0.286 e. The molecule has 152 valence electrons. The van der Waals surface area contributed by atoms with Gasteiger partial charge in [-0.25, -0.2) is 0 Å². The van der Waals surface area contributed by atoms with Crippen LogP contribution < -0.4 is 5.32 Å². The van der Waals surface area contributed by atoms with Crippen LogP contribution in [-0.4, -0.2) is 50.8 Å². The summed E-state index contributed by atoms with van der Waals surface area (Å²) in [6, 6.07) is 8.28. The van der Waals surface area contributed by atoms with Gasteiger partial charge in [0.1, 0.15) is 0 Å². The molecular weight excluding hydrogens is 378 g/mol. The first kappa shape index (κ1) is 20.8. The van der Waals surface area contributed by atoms with Crippen LogP contribution in [0.4, 0.5) is 0 Å². The van der Waals surface area contributed by atoms with Crippen LogP contribution >= 0.6 is 11.3 Å². The number of carbonyl (C=O) groups excluding carboxylic acids is 1. The van der Waals surface area contributed by atoms with Gasteiger partial charge in [0.05, 0.1) is 13.2 Å². The fourth-order valence-corrected chi connectivity index (χ4v) is 4.23. The fraction of sp³-hybridized carbons (Fsp3) is 0.476. The molecule has 2 N–H and O–H groups in total. The Morgan fingerprint density at radius 1 is 1.32 bits per heavy atom. The number of ether oxygens (including phenoxy) is 3. The zero-order chi connectivity index (χ0) is 19.8. The number of hydrogen-bond donors (Lipinski definition) is 2. The minimum atomic E-state index is -0.490. The van der Waals surface area contributed by atoms with Gasteiger partial charge >= 0.3 is 0 Å². The van der Waals surface area contributed by atoms with Gasteiger partial charge in [-0.05, 0) is 41.3 Å². The lowest BCUT2D eigenvalue weighted by Crippen LogP contribution is -2.34. The summed E-state index contributed by atoms with van der Waals surface area (Å²) in [6.45, 7) is 1.50. The Labute approximate surface area is 169 Å². The van der Waals surface area contributed by atoms with Crippen LogP contribution in [0, 0.1) is 0 Å². The third kappa shape index (κ3) is 5.32. The molecule has 1 aliphatic heterocycles. The quantitative estimate of drug-likeness (QED) is 0.594. The molecule has 0 bridgehead atoms. The van der Waals surface area contributed by atoms with Gasteiger partial charge in [-0.2, -0.15) is 0 Å². The monoisotopic (exact) mass is 405 g/mol. The Kier molecular flexibility index (Phi) is 7.85. The van der Waals surface area contributed by atoms with E-state index in [9.17, 15) is 4.79 Å². The van der Waals surface area contributed by atoms with Gasteiger partial charge in [-0.3, -0.25) is 4.79 Å². The molecule has 2 aromatic rings. The highest BCUT2D eigenvalue weighted by atomic mass is 32.1. The zero-order valence-electron chi connectivity index (χ0n) is 16.1. The van der Waals surface area contributed by atoms with Crippen molar-refractivity contribution in [1.82, 2.24) is 5.32 Å². The highest BCUT2D eigenvalue weighted by Crippen LogP contribution is 2.38. The van der Waals surface area contributed by atoms with E-state index in [1.807, 2.05) is 18.2 Å². The molecule has 0 unspecified atom stereocenters. The number of fused-ring (bicyclic) bond motifs is 1. The van der Waals surface area contributed by atoms with Crippen LogP contribution in [0.1, 0.15) is 30.7 Å². The molecule has 1 aliphatic rings. The molecule has 0 aliphatic carbocycles. The van der Waals surface area contributed by atoms with Gasteiger partial charge in [0.25, 0.3) is 5.91 Å². The van der Waals surface area contributed by atoms with Crippen molar-refractivity contribution in [3.05, 3.63) is 47.0 Å². The maximum absolute atomic E-state index is 12.5. The molecule has 1 aromatic carbocycles. The first-order valence-electron chi connectivity index (χ1n) is 9.57. The van der Waals surface area contributed by atoms with Crippen molar-refractivity contribution in [2.45, 2.75) is 31.5 Å². The number of aliphatic hydroxyl groups is 1. The summed E-state index contributed by atoms with van der Waals surface area (Å²) in [7, 11) is 1.59. The largest absolute Gasteiger partial charge is 0.459 e. The van der Waals surface area contributed by atoms with E-state index in [0.29, 0.717) is 32.6 Å². The van der Waals surface area contributed by atoms with E-state index < -0.39 is 6.29 Å². The number of carbonyl (C=O) groups is 1. The Hall–Kier alpha value is -1.93. The molecule has 3 rings (SSSR count). The number of rotatable bonds is 10. The Balaban J connectivity index is 1.77. The molecule has 28 heavy (non-hydrogen) atoms. The van der Waals surface area contributed by atoms with Crippen molar-refractivity contribution in [1.29, 1.82) is 0 Å². The Bertz CT molecular complexity index is 803. The predicted octanol–water partition coefficient (Wildman–Crippen LogP) is 3.17. The van der Waals surface area contributed by atoms with E-state index in [4.69, 9.17) is 19.3 Å². The van der Waals surface area contributed by atoms with Crippen molar-refractivity contribution in [3.63, 3.8) is 0 Å². The summed E-state index contributed by atoms with van der Waals surface area (Å²) in [5.74, 6) is 0.0657. The van der Waals surface area contributed by atoms with Gasteiger partial charge in [0.15, 0.2) is 5.76 Å². The van der Waals surface area contributed by atoms with Gasteiger partial charge in [0, 0.05) is 37.3 Å².